The Morgan fingerprint density at radius 3 is 2.35 bits per heavy atom. The van der Waals surface area contributed by atoms with E-state index in [1.54, 1.807) is 51.7 Å². The number of methoxy groups -OCH3 is 3. The van der Waals surface area contributed by atoms with Gasteiger partial charge in [-0.2, -0.15) is 0 Å². The van der Waals surface area contributed by atoms with Gasteiger partial charge in [0.1, 0.15) is 11.5 Å². The first-order chi connectivity index (χ1) is 11.2. The summed E-state index contributed by atoms with van der Waals surface area (Å²) in [4.78, 5) is 12.3. The van der Waals surface area contributed by atoms with Crippen LogP contribution in [0.1, 0.15) is 21.5 Å². The third kappa shape index (κ3) is 4.44. The highest BCUT2D eigenvalue weighted by Gasteiger charge is 2.08. The van der Waals surface area contributed by atoms with Gasteiger partial charge in [-0.25, -0.2) is 0 Å². The largest absolute Gasteiger partial charge is 0.497 e. The molecule has 0 aliphatic rings. The first-order valence-corrected chi connectivity index (χ1v) is 7.20. The van der Waals surface area contributed by atoms with Gasteiger partial charge in [0.25, 0.3) is 0 Å². The lowest BCUT2D eigenvalue weighted by atomic mass is 10.1. The van der Waals surface area contributed by atoms with Gasteiger partial charge in [0.2, 0.25) is 0 Å². The summed E-state index contributed by atoms with van der Waals surface area (Å²) < 4.78 is 15.5. The van der Waals surface area contributed by atoms with Gasteiger partial charge >= 0.3 is 0 Å². The molecule has 0 aliphatic heterocycles. The van der Waals surface area contributed by atoms with Crippen LogP contribution in [0.5, 0.6) is 11.5 Å². The average Bonchev–Trinajstić information content (AvgIpc) is 2.60. The van der Waals surface area contributed by atoms with Crippen LogP contribution in [0.4, 0.5) is 0 Å². The maximum atomic E-state index is 12.3. The summed E-state index contributed by atoms with van der Waals surface area (Å²) >= 11 is 0. The molecule has 2 aromatic carbocycles. The molecule has 0 N–H and O–H groups in total. The summed E-state index contributed by atoms with van der Waals surface area (Å²) in [6, 6.07) is 12.8. The normalized spacial score (nSPS) is 10.7. The number of carbonyl (C=O) groups excluding carboxylic acids is 1. The lowest BCUT2D eigenvalue weighted by Gasteiger charge is -2.08. The molecule has 0 bridgehead atoms. The van der Waals surface area contributed by atoms with E-state index in [1.165, 1.54) is 0 Å². The van der Waals surface area contributed by atoms with Crippen molar-refractivity contribution in [2.24, 2.45) is 0 Å². The topological polar surface area (TPSA) is 44.8 Å². The van der Waals surface area contributed by atoms with E-state index in [1.807, 2.05) is 24.3 Å². The summed E-state index contributed by atoms with van der Waals surface area (Å²) in [5, 5.41) is 0. The Hall–Kier alpha value is -2.59. The molecule has 120 valence electrons. The van der Waals surface area contributed by atoms with Crippen LogP contribution in [0.2, 0.25) is 0 Å². The van der Waals surface area contributed by atoms with Crippen molar-refractivity contribution in [2.75, 3.05) is 21.3 Å². The molecule has 2 aromatic rings. The van der Waals surface area contributed by atoms with Gasteiger partial charge in [0.15, 0.2) is 5.78 Å². The van der Waals surface area contributed by atoms with E-state index in [9.17, 15) is 4.79 Å². The molecule has 0 spiro atoms. The minimum absolute atomic E-state index is 0.0687. The molecule has 2 rings (SSSR count). The van der Waals surface area contributed by atoms with Gasteiger partial charge in [-0.15, -0.1) is 0 Å². The second-order valence-corrected chi connectivity index (χ2v) is 4.93. The van der Waals surface area contributed by atoms with Gasteiger partial charge in [-0.05, 0) is 42.0 Å². The zero-order valence-corrected chi connectivity index (χ0v) is 13.5. The van der Waals surface area contributed by atoms with Crippen molar-refractivity contribution in [3.63, 3.8) is 0 Å². The molecule has 0 radical (unpaired) electrons. The molecule has 4 nitrogen and oxygen atoms in total. The Morgan fingerprint density at radius 1 is 1.00 bits per heavy atom. The Balaban J connectivity index is 2.15. The van der Waals surface area contributed by atoms with Gasteiger partial charge in [0.05, 0.1) is 20.8 Å². The van der Waals surface area contributed by atoms with Crippen LogP contribution in [0.15, 0.2) is 48.5 Å². The van der Waals surface area contributed by atoms with E-state index in [0.29, 0.717) is 17.9 Å². The first kappa shape index (κ1) is 16.8. The van der Waals surface area contributed by atoms with Gasteiger partial charge in [-0.1, -0.05) is 18.2 Å². The fraction of sp³-hybridized carbons (Fsp3) is 0.211. The number of carbonyl (C=O) groups is 1. The number of benzene rings is 2. The molecular weight excluding hydrogens is 292 g/mol. The highest BCUT2D eigenvalue weighted by atomic mass is 16.5. The highest BCUT2D eigenvalue weighted by Crippen LogP contribution is 2.21. The van der Waals surface area contributed by atoms with Gasteiger partial charge < -0.3 is 14.2 Å². The number of ether oxygens (including phenoxy) is 3. The average molecular weight is 312 g/mol. The summed E-state index contributed by atoms with van der Waals surface area (Å²) in [6.45, 7) is 0.395. The van der Waals surface area contributed by atoms with E-state index in [0.717, 1.165) is 16.9 Å². The van der Waals surface area contributed by atoms with E-state index >= 15 is 0 Å². The molecule has 0 amide bonds. The quantitative estimate of drug-likeness (QED) is 0.577. The van der Waals surface area contributed by atoms with Crippen LogP contribution in [0.25, 0.3) is 6.08 Å². The molecule has 0 atom stereocenters. The van der Waals surface area contributed by atoms with E-state index in [2.05, 4.69) is 0 Å². The summed E-state index contributed by atoms with van der Waals surface area (Å²) in [6.07, 6.45) is 3.34. The van der Waals surface area contributed by atoms with Crippen LogP contribution < -0.4 is 9.47 Å². The molecular formula is C19H20O4. The zero-order valence-electron chi connectivity index (χ0n) is 13.5. The predicted molar refractivity (Wildman–Crippen MR) is 90.1 cm³/mol. The van der Waals surface area contributed by atoms with Crippen LogP contribution in [-0.4, -0.2) is 27.1 Å². The lowest BCUT2D eigenvalue weighted by molar-refractivity contribution is 0.104. The van der Waals surface area contributed by atoms with Crippen LogP contribution in [-0.2, 0) is 11.3 Å². The highest BCUT2D eigenvalue weighted by molar-refractivity contribution is 6.07. The molecule has 0 unspecified atom stereocenters. The van der Waals surface area contributed by atoms with Crippen LogP contribution in [0.3, 0.4) is 0 Å². The second-order valence-electron chi connectivity index (χ2n) is 4.93. The van der Waals surface area contributed by atoms with Crippen LogP contribution >= 0.6 is 0 Å². The summed E-state index contributed by atoms with van der Waals surface area (Å²) in [5.74, 6) is 1.43. The van der Waals surface area contributed by atoms with Crippen molar-refractivity contribution < 1.29 is 19.0 Å². The van der Waals surface area contributed by atoms with Crippen molar-refractivity contribution >= 4 is 11.9 Å². The maximum absolute atomic E-state index is 12.3. The first-order valence-electron chi connectivity index (χ1n) is 7.20. The second kappa shape index (κ2) is 8.15. The molecule has 23 heavy (non-hydrogen) atoms. The fourth-order valence-electron chi connectivity index (χ4n) is 2.18. The summed E-state index contributed by atoms with van der Waals surface area (Å²) in [5.41, 5.74) is 2.38. The number of hydrogen-bond acceptors (Lipinski definition) is 4. The van der Waals surface area contributed by atoms with Crippen molar-refractivity contribution in [1.29, 1.82) is 0 Å². The molecule has 4 heteroatoms. The van der Waals surface area contributed by atoms with Crippen molar-refractivity contribution in [2.45, 2.75) is 6.61 Å². The number of allylic oxidation sites excluding steroid dienone is 1. The monoisotopic (exact) mass is 312 g/mol. The number of rotatable bonds is 7. The third-order valence-corrected chi connectivity index (χ3v) is 3.41. The zero-order chi connectivity index (χ0) is 16.7. The SMILES string of the molecule is COCc1cc(C(=O)/C=C/c2ccc(OC)cc2)ccc1OC. The molecule has 0 aliphatic carbocycles. The fourth-order valence-corrected chi connectivity index (χ4v) is 2.18. The van der Waals surface area contributed by atoms with Gasteiger partial charge in [0, 0.05) is 18.2 Å². The Labute approximate surface area is 136 Å². The Kier molecular flexibility index (Phi) is 5.94. The predicted octanol–water partition coefficient (Wildman–Crippen LogP) is 3.75. The smallest absolute Gasteiger partial charge is 0.185 e. The number of hydrogen-bond donors (Lipinski definition) is 0. The van der Waals surface area contributed by atoms with Gasteiger partial charge in [-0.3, -0.25) is 4.79 Å². The van der Waals surface area contributed by atoms with Crippen molar-refractivity contribution in [3.8, 4) is 11.5 Å². The third-order valence-electron chi connectivity index (χ3n) is 3.41. The Bertz CT molecular complexity index is 687. The van der Waals surface area contributed by atoms with E-state index in [-0.39, 0.29) is 5.78 Å². The Morgan fingerprint density at radius 2 is 1.74 bits per heavy atom. The van der Waals surface area contributed by atoms with E-state index in [4.69, 9.17) is 14.2 Å². The minimum atomic E-state index is -0.0687. The van der Waals surface area contributed by atoms with Crippen LogP contribution in [0, 0.1) is 0 Å². The molecule has 0 heterocycles. The maximum Gasteiger partial charge on any atom is 0.185 e. The molecule has 0 fully saturated rings. The standard InChI is InChI=1S/C19H20O4/c1-21-13-16-12-15(7-11-19(16)23-3)18(20)10-6-14-4-8-17(22-2)9-5-14/h4-12H,13H2,1-3H3/b10-6+. The van der Waals surface area contributed by atoms with Crippen molar-refractivity contribution in [3.05, 3.63) is 65.2 Å². The lowest BCUT2D eigenvalue weighted by Crippen LogP contribution is -1.99. The molecule has 0 aromatic heterocycles. The number of ketones is 1. The minimum Gasteiger partial charge on any atom is -0.497 e. The van der Waals surface area contributed by atoms with Crippen molar-refractivity contribution in [1.82, 2.24) is 0 Å². The summed E-state index contributed by atoms with van der Waals surface area (Å²) in [7, 11) is 4.83. The molecule has 0 saturated heterocycles. The van der Waals surface area contributed by atoms with E-state index < -0.39 is 0 Å². The molecule has 0 saturated carbocycles.